The average Bonchev–Trinajstić information content (AvgIpc) is 2.87. The fourth-order valence-corrected chi connectivity index (χ4v) is 3.53. The molecule has 3 rings (SSSR count). The molecule has 1 atom stereocenters. The topological polar surface area (TPSA) is 34.9 Å². The van der Waals surface area contributed by atoms with Gasteiger partial charge in [0.2, 0.25) is 0 Å². The molecule has 1 aliphatic rings. The molecule has 1 aromatic carbocycles. The number of carbonyl (C=O) groups excluding carboxylic acids is 1. The van der Waals surface area contributed by atoms with E-state index in [4.69, 9.17) is 0 Å². The first-order chi connectivity index (χ1) is 9.72. The number of halogens is 1. The average molecular weight is 333 g/mol. The monoisotopic (exact) mass is 332 g/mol. The first-order valence-corrected chi connectivity index (χ1v) is 7.85. The molecule has 0 aliphatic heterocycles. The van der Waals surface area contributed by atoms with Crippen LogP contribution in [-0.2, 0) is 13.0 Å². The summed E-state index contributed by atoms with van der Waals surface area (Å²) in [6, 6.07) is 8.31. The molecule has 1 aliphatic carbocycles. The maximum absolute atomic E-state index is 12.9. The molecule has 1 unspecified atom stereocenters. The summed E-state index contributed by atoms with van der Waals surface area (Å²) in [5, 5.41) is 4.26. The van der Waals surface area contributed by atoms with Crippen molar-refractivity contribution in [2.75, 3.05) is 0 Å². The number of ketones is 1. The van der Waals surface area contributed by atoms with Crippen LogP contribution < -0.4 is 0 Å². The van der Waals surface area contributed by atoms with Crippen LogP contribution in [0.15, 0.2) is 34.9 Å². The Morgan fingerprint density at radius 3 is 3.05 bits per heavy atom. The number of nitrogens with zero attached hydrogens (tertiary/aromatic N) is 2. The molecule has 2 aromatic rings. The summed E-state index contributed by atoms with van der Waals surface area (Å²) in [6.45, 7) is 2.71. The van der Waals surface area contributed by atoms with Crippen LogP contribution in [-0.4, -0.2) is 15.6 Å². The summed E-state index contributed by atoms with van der Waals surface area (Å²) in [4.78, 5) is 12.9. The molecule has 0 radical (unpaired) electrons. The largest absolute Gasteiger partial charge is 0.292 e. The van der Waals surface area contributed by atoms with Gasteiger partial charge in [-0.05, 0) is 53.2 Å². The molecule has 104 valence electrons. The highest BCUT2D eigenvalue weighted by molar-refractivity contribution is 9.10. The van der Waals surface area contributed by atoms with E-state index in [2.05, 4.69) is 39.2 Å². The molecule has 20 heavy (non-hydrogen) atoms. The van der Waals surface area contributed by atoms with Gasteiger partial charge in [-0.25, -0.2) is 0 Å². The minimum atomic E-state index is -0.0294. The van der Waals surface area contributed by atoms with Crippen molar-refractivity contribution in [3.63, 3.8) is 0 Å². The Bertz CT molecular complexity index is 648. The third-order valence-corrected chi connectivity index (χ3v) is 4.59. The van der Waals surface area contributed by atoms with Crippen molar-refractivity contribution in [1.29, 1.82) is 0 Å². The summed E-state index contributed by atoms with van der Waals surface area (Å²) >= 11 is 3.46. The second kappa shape index (κ2) is 5.52. The Morgan fingerprint density at radius 2 is 2.25 bits per heavy atom. The van der Waals surface area contributed by atoms with Crippen LogP contribution >= 0.6 is 15.9 Å². The molecule has 0 N–H and O–H groups in total. The lowest BCUT2D eigenvalue weighted by Gasteiger charge is -2.24. The van der Waals surface area contributed by atoms with E-state index in [9.17, 15) is 4.79 Å². The van der Waals surface area contributed by atoms with Gasteiger partial charge in [0.1, 0.15) is 5.69 Å². The number of rotatable bonds is 3. The molecule has 4 heteroatoms. The zero-order valence-electron chi connectivity index (χ0n) is 11.5. The van der Waals surface area contributed by atoms with E-state index < -0.39 is 0 Å². The number of fused-ring (bicyclic) bond motifs is 1. The number of aryl methyl sites for hydroxylation is 2. The fraction of sp³-hybridized carbons (Fsp3) is 0.375. The van der Waals surface area contributed by atoms with Gasteiger partial charge in [-0.1, -0.05) is 24.3 Å². The molecule has 0 saturated carbocycles. The number of carbonyl (C=O) groups is 1. The van der Waals surface area contributed by atoms with Crippen LogP contribution in [0.4, 0.5) is 0 Å². The summed E-state index contributed by atoms with van der Waals surface area (Å²) in [6.07, 6.45) is 4.79. The minimum absolute atomic E-state index is 0.0294. The van der Waals surface area contributed by atoms with Crippen LogP contribution in [0.25, 0.3) is 0 Å². The molecule has 0 fully saturated rings. The zero-order valence-corrected chi connectivity index (χ0v) is 13.1. The van der Waals surface area contributed by atoms with Gasteiger partial charge in [0.25, 0.3) is 0 Å². The zero-order chi connectivity index (χ0) is 14.1. The first kappa shape index (κ1) is 13.6. The third-order valence-electron chi connectivity index (χ3n) is 4.01. The van der Waals surface area contributed by atoms with Crippen molar-refractivity contribution in [3.05, 3.63) is 51.8 Å². The molecular formula is C16H17BrN2O. The highest BCUT2D eigenvalue weighted by atomic mass is 79.9. The Morgan fingerprint density at radius 1 is 1.45 bits per heavy atom. The lowest BCUT2D eigenvalue weighted by Crippen LogP contribution is -2.21. The summed E-state index contributed by atoms with van der Waals surface area (Å²) in [5.74, 6) is 0.154. The van der Waals surface area contributed by atoms with Crippen LogP contribution in [0, 0.1) is 0 Å². The van der Waals surface area contributed by atoms with Gasteiger partial charge in [0.15, 0.2) is 5.78 Å². The summed E-state index contributed by atoms with van der Waals surface area (Å²) in [7, 11) is 0. The number of hydrogen-bond acceptors (Lipinski definition) is 2. The molecule has 0 saturated heterocycles. The van der Waals surface area contributed by atoms with E-state index in [1.807, 2.05) is 13.0 Å². The molecule has 1 heterocycles. The van der Waals surface area contributed by atoms with Crippen LogP contribution in [0.5, 0.6) is 0 Å². The number of benzene rings is 1. The second-order valence-corrected chi connectivity index (χ2v) is 6.02. The van der Waals surface area contributed by atoms with E-state index in [0.717, 1.165) is 23.7 Å². The molecule has 1 aromatic heterocycles. The molecular weight excluding hydrogens is 316 g/mol. The van der Waals surface area contributed by atoms with Crippen LogP contribution in [0.2, 0.25) is 0 Å². The van der Waals surface area contributed by atoms with Gasteiger partial charge in [0.05, 0.1) is 10.7 Å². The van der Waals surface area contributed by atoms with Gasteiger partial charge in [0, 0.05) is 12.5 Å². The molecule has 0 amide bonds. The number of Topliss-reactive ketones (excluding diaryl/α,β-unsaturated/α-hetero) is 1. The van der Waals surface area contributed by atoms with Crippen LogP contribution in [0.3, 0.4) is 0 Å². The highest BCUT2D eigenvalue weighted by Gasteiger charge is 2.30. The van der Waals surface area contributed by atoms with Gasteiger partial charge in [-0.15, -0.1) is 0 Å². The van der Waals surface area contributed by atoms with Crippen LogP contribution in [0.1, 0.15) is 47.3 Å². The quantitative estimate of drug-likeness (QED) is 0.797. The maximum atomic E-state index is 12.9. The lowest BCUT2D eigenvalue weighted by atomic mass is 9.80. The van der Waals surface area contributed by atoms with Crippen molar-refractivity contribution in [2.45, 2.75) is 38.6 Å². The third kappa shape index (κ3) is 2.22. The number of aromatic nitrogens is 2. The van der Waals surface area contributed by atoms with Gasteiger partial charge in [-0.3, -0.25) is 9.48 Å². The van der Waals surface area contributed by atoms with Gasteiger partial charge >= 0.3 is 0 Å². The lowest BCUT2D eigenvalue weighted by molar-refractivity contribution is 0.0939. The SMILES string of the molecule is CCn1ncc(Br)c1C(=O)C1CCCc2ccccc21. The van der Waals surface area contributed by atoms with E-state index in [0.29, 0.717) is 12.2 Å². The Kier molecular flexibility index (Phi) is 3.74. The fourth-order valence-electron chi connectivity index (χ4n) is 3.04. The Labute approximate surface area is 127 Å². The Hall–Kier alpha value is -1.42. The van der Waals surface area contributed by atoms with Gasteiger partial charge < -0.3 is 0 Å². The smallest absolute Gasteiger partial charge is 0.189 e. The van der Waals surface area contributed by atoms with Crippen molar-refractivity contribution in [3.8, 4) is 0 Å². The second-order valence-electron chi connectivity index (χ2n) is 5.16. The predicted octanol–water partition coefficient (Wildman–Crippen LogP) is 3.97. The summed E-state index contributed by atoms with van der Waals surface area (Å²) in [5.41, 5.74) is 3.21. The van der Waals surface area contributed by atoms with E-state index in [-0.39, 0.29) is 11.7 Å². The number of hydrogen-bond donors (Lipinski definition) is 0. The highest BCUT2D eigenvalue weighted by Crippen LogP contribution is 2.35. The first-order valence-electron chi connectivity index (χ1n) is 7.05. The van der Waals surface area contributed by atoms with E-state index in [1.54, 1.807) is 10.9 Å². The molecule has 0 bridgehead atoms. The van der Waals surface area contributed by atoms with E-state index >= 15 is 0 Å². The van der Waals surface area contributed by atoms with Crippen molar-refractivity contribution in [1.82, 2.24) is 9.78 Å². The van der Waals surface area contributed by atoms with Crippen molar-refractivity contribution >= 4 is 21.7 Å². The predicted molar refractivity (Wildman–Crippen MR) is 82.1 cm³/mol. The maximum Gasteiger partial charge on any atom is 0.189 e. The minimum Gasteiger partial charge on any atom is -0.292 e. The van der Waals surface area contributed by atoms with Gasteiger partial charge in [-0.2, -0.15) is 5.10 Å². The van der Waals surface area contributed by atoms with Crippen molar-refractivity contribution in [2.24, 2.45) is 0 Å². The molecule has 0 spiro atoms. The Balaban J connectivity index is 2.02. The van der Waals surface area contributed by atoms with Crippen molar-refractivity contribution < 1.29 is 4.79 Å². The summed E-state index contributed by atoms with van der Waals surface area (Å²) < 4.78 is 2.58. The van der Waals surface area contributed by atoms with E-state index in [1.165, 1.54) is 11.1 Å². The standard InChI is InChI=1S/C16H17BrN2O/c1-2-19-15(14(17)10-18-19)16(20)13-9-5-7-11-6-3-4-8-12(11)13/h3-4,6,8,10,13H,2,5,7,9H2,1H3. The molecule has 3 nitrogen and oxygen atoms in total. The normalized spacial score (nSPS) is 17.8.